The van der Waals surface area contributed by atoms with Gasteiger partial charge in [0.15, 0.2) is 0 Å². The van der Waals surface area contributed by atoms with Crippen LogP contribution in [0.15, 0.2) is 16.3 Å². The van der Waals surface area contributed by atoms with Crippen molar-refractivity contribution >= 4 is 27.3 Å². The molecular weight excluding hydrogens is 319 g/mol. The molecule has 10 heteroatoms. The highest BCUT2D eigenvalue weighted by atomic mass is 32.2. The van der Waals surface area contributed by atoms with E-state index in [2.05, 4.69) is 4.72 Å². The molecule has 114 valence electrons. The largest absolute Gasteiger partial charge is 0.477 e. The normalized spacial score (nSPS) is 12.6. The fourth-order valence-corrected chi connectivity index (χ4v) is 3.50. The molecule has 0 atom stereocenters. The lowest BCUT2D eigenvalue weighted by Crippen LogP contribution is -2.24. The van der Waals surface area contributed by atoms with E-state index in [1.807, 2.05) is 0 Å². The molecule has 0 fully saturated rings. The van der Waals surface area contributed by atoms with Crippen molar-refractivity contribution < 1.29 is 31.5 Å². The molecule has 0 aliphatic heterocycles. The molecule has 5 nitrogen and oxygen atoms in total. The van der Waals surface area contributed by atoms with Gasteiger partial charge in [0, 0.05) is 18.3 Å². The molecule has 0 radical (unpaired) electrons. The lowest BCUT2D eigenvalue weighted by molar-refractivity contribution is -0.135. The Hall–Kier alpha value is -1.13. The van der Waals surface area contributed by atoms with Crippen LogP contribution in [0.3, 0.4) is 0 Å². The molecule has 0 amide bonds. The van der Waals surface area contributed by atoms with E-state index in [9.17, 15) is 26.4 Å². The van der Waals surface area contributed by atoms with Gasteiger partial charge in [-0.05, 0) is 18.9 Å². The van der Waals surface area contributed by atoms with Crippen molar-refractivity contribution in [2.45, 2.75) is 30.3 Å². The third-order valence-corrected chi connectivity index (χ3v) is 4.78. The standard InChI is InChI=1S/C10H12F3NO4S2/c11-10(12,13)3-1-2-4-14-20(17,18)7-5-8(9(15)16)19-6-7/h5-6,14H,1-4H2,(H,15,16). The monoisotopic (exact) mass is 331 g/mol. The van der Waals surface area contributed by atoms with Crippen molar-refractivity contribution in [3.63, 3.8) is 0 Å². The number of alkyl halides is 3. The Morgan fingerprint density at radius 3 is 2.50 bits per heavy atom. The van der Waals surface area contributed by atoms with Crippen LogP contribution < -0.4 is 4.72 Å². The third-order valence-electron chi connectivity index (χ3n) is 2.28. The summed E-state index contributed by atoms with van der Waals surface area (Å²) in [4.78, 5) is 10.3. The molecule has 1 aromatic rings. The van der Waals surface area contributed by atoms with Gasteiger partial charge in [-0.1, -0.05) is 0 Å². The smallest absolute Gasteiger partial charge is 0.389 e. The number of halogens is 3. The van der Waals surface area contributed by atoms with Crippen LogP contribution in [-0.4, -0.2) is 32.2 Å². The van der Waals surface area contributed by atoms with E-state index < -0.39 is 28.6 Å². The number of carbonyl (C=O) groups is 1. The van der Waals surface area contributed by atoms with Crippen LogP contribution in [0.2, 0.25) is 0 Å². The molecule has 0 saturated heterocycles. The highest BCUT2D eigenvalue weighted by molar-refractivity contribution is 7.89. The SMILES string of the molecule is O=C(O)c1cc(S(=O)(=O)NCCCCC(F)(F)F)cs1. The summed E-state index contributed by atoms with van der Waals surface area (Å²) in [6.45, 7) is -0.128. The number of hydrogen-bond acceptors (Lipinski definition) is 4. The molecule has 0 bridgehead atoms. The van der Waals surface area contributed by atoms with Gasteiger partial charge >= 0.3 is 12.1 Å². The Labute approximate surface area is 117 Å². The van der Waals surface area contributed by atoms with E-state index in [4.69, 9.17) is 5.11 Å². The van der Waals surface area contributed by atoms with Gasteiger partial charge in [-0.15, -0.1) is 11.3 Å². The highest BCUT2D eigenvalue weighted by Gasteiger charge is 2.26. The number of sulfonamides is 1. The van der Waals surface area contributed by atoms with Gasteiger partial charge < -0.3 is 5.11 Å². The van der Waals surface area contributed by atoms with Crippen molar-refractivity contribution in [1.82, 2.24) is 4.72 Å². The van der Waals surface area contributed by atoms with Gasteiger partial charge in [-0.25, -0.2) is 17.9 Å². The zero-order valence-electron chi connectivity index (χ0n) is 10.1. The van der Waals surface area contributed by atoms with Crippen molar-refractivity contribution in [1.29, 1.82) is 0 Å². The molecule has 2 N–H and O–H groups in total. The Bertz CT molecular complexity index is 565. The molecule has 20 heavy (non-hydrogen) atoms. The van der Waals surface area contributed by atoms with Crippen molar-refractivity contribution in [2.24, 2.45) is 0 Å². The maximum Gasteiger partial charge on any atom is 0.389 e. The van der Waals surface area contributed by atoms with E-state index in [1.165, 1.54) is 5.38 Å². The Kier molecular flexibility index (Phi) is 5.54. The van der Waals surface area contributed by atoms with Crippen LogP contribution in [0.25, 0.3) is 0 Å². The van der Waals surface area contributed by atoms with Gasteiger partial charge in [-0.3, -0.25) is 0 Å². The number of aromatic carboxylic acids is 1. The number of thiophene rings is 1. The molecule has 0 unspecified atom stereocenters. The minimum absolute atomic E-state index is 0.0503. The number of nitrogens with one attached hydrogen (secondary N) is 1. The number of carboxylic acid groups (broad SMARTS) is 1. The lowest BCUT2D eigenvalue weighted by atomic mass is 10.2. The molecule has 1 aromatic heterocycles. The second kappa shape index (κ2) is 6.55. The Balaban J connectivity index is 2.47. The van der Waals surface area contributed by atoms with Crippen LogP contribution in [0.4, 0.5) is 13.2 Å². The topological polar surface area (TPSA) is 83.5 Å². The highest BCUT2D eigenvalue weighted by Crippen LogP contribution is 2.22. The summed E-state index contributed by atoms with van der Waals surface area (Å²) >= 11 is 0.764. The molecule has 1 rings (SSSR count). The molecular formula is C10H12F3NO4S2. The number of carboxylic acids is 1. The van der Waals surface area contributed by atoms with Gasteiger partial charge in [0.2, 0.25) is 10.0 Å². The predicted octanol–water partition coefficient (Wildman–Crippen LogP) is 2.46. The first-order valence-corrected chi connectivity index (χ1v) is 7.86. The van der Waals surface area contributed by atoms with Crippen LogP contribution in [-0.2, 0) is 10.0 Å². The molecule has 0 aromatic carbocycles. The first kappa shape index (κ1) is 16.9. The minimum Gasteiger partial charge on any atom is -0.477 e. The van der Waals surface area contributed by atoms with Crippen LogP contribution in [0, 0.1) is 0 Å². The molecule has 0 spiro atoms. The summed E-state index contributed by atoms with van der Waals surface area (Å²) < 4.78 is 61.2. The lowest BCUT2D eigenvalue weighted by Gasteiger charge is -2.07. The third kappa shape index (κ3) is 5.47. The van der Waals surface area contributed by atoms with Crippen molar-refractivity contribution in [2.75, 3.05) is 6.54 Å². The van der Waals surface area contributed by atoms with Crippen LogP contribution in [0.5, 0.6) is 0 Å². The van der Waals surface area contributed by atoms with E-state index in [0.717, 1.165) is 17.4 Å². The summed E-state index contributed by atoms with van der Waals surface area (Å²) in [5.41, 5.74) is 0. The Morgan fingerprint density at radius 2 is 2.00 bits per heavy atom. The van der Waals surface area contributed by atoms with E-state index in [-0.39, 0.29) is 29.2 Å². The first-order valence-electron chi connectivity index (χ1n) is 5.50. The molecule has 1 heterocycles. The van der Waals surface area contributed by atoms with E-state index >= 15 is 0 Å². The summed E-state index contributed by atoms with van der Waals surface area (Å²) in [5, 5.41) is 9.84. The van der Waals surface area contributed by atoms with Crippen LogP contribution >= 0.6 is 11.3 Å². The van der Waals surface area contributed by atoms with E-state index in [0.29, 0.717) is 0 Å². The second-order valence-electron chi connectivity index (χ2n) is 3.92. The zero-order chi connectivity index (χ0) is 15.4. The maximum atomic E-state index is 11.9. The quantitative estimate of drug-likeness (QED) is 0.752. The summed E-state index contributed by atoms with van der Waals surface area (Å²) in [5.74, 6) is -1.23. The summed E-state index contributed by atoms with van der Waals surface area (Å²) in [7, 11) is -3.87. The maximum absolute atomic E-state index is 11.9. The number of hydrogen-bond donors (Lipinski definition) is 2. The van der Waals surface area contributed by atoms with Crippen molar-refractivity contribution in [3.05, 3.63) is 16.3 Å². The Morgan fingerprint density at radius 1 is 1.35 bits per heavy atom. The average Bonchev–Trinajstić information content (AvgIpc) is 2.76. The summed E-state index contributed by atoms with van der Waals surface area (Å²) in [6.07, 6.45) is -5.33. The van der Waals surface area contributed by atoms with Gasteiger partial charge in [-0.2, -0.15) is 13.2 Å². The molecule has 0 aliphatic rings. The van der Waals surface area contributed by atoms with Crippen LogP contribution in [0.1, 0.15) is 28.9 Å². The molecule has 0 aliphatic carbocycles. The number of rotatable bonds is 7. The van der Waals surface area contributed by atoms with Gasteiger partial charge in [0.05, 0.1) is 4.90 Å². The first-order chi connectivity index (χ1) is 9.12. The second-order valence-corrected chi connectivity index (χ2v) is 6.60. The minimum atomic E-state index is -4.25. The van der Waals surface area contributed by atoms with E-state index in [1.54, 1.807) is 0 Å². The summed E-state index contributed by atoms with van der Waals surface area (Å²) in [6, 6.07) is 1.01. The van der Waals surface area contributed by atoms with Gasteiger partial charge in [0.1, 0.15) is 4.88 Å². The number of unbranched alkanes of at least 4 members (excludes halogenated alkanes) is 1. The predicted molar refractivity (Wildman–Crippen MR) is 66.4 cm³/mol. The van der Waals surface area contributed by atoms with Crippen molar-refractivity contribution in [3.8, 4) is 0 Å². The average molecular weight is 331 g/mol. The zero-order valence-corrected chi connectivity index (χ0v) is 11.7. The van der Waals surface area contributed by atoms with Gasteiger partial charge in [0.25, 0.3) is 0 Å². The fraction of sp³-hybridized carbons (Fsp3) is 0.500. The fourth-order valence-electron chi connectivity index (χ4n) is 1.31. The molecule has 0 saturated carbocycles.